The molecule has 74 valence electrons. The molecule has 0 aliphatic heterocycles. The van der Waals surface area contributed by atoms with E-state index in [2.05, 4.69) is 39.0 Å². The Bertz CT molecular complexity index is 274. The highest BCUT2D eigenvalue weighted by molar-refractivity contribution is 5.20. The van der Waals surface area contributed by atoms with Gasteiger partial charge in [-0.1, -0.05) is 13.8 Å². The molecule has 0 saturated heterocycles. The summed E-state index contributed by atoms with van der Waals surface area (Å²) >= 11 is 0. The Labute approximate surface area is 79.9 Å². The van der Waals surface area contributed by atoms with Gasteiger partial charge in [-0.2, -0.15) is 5.10 Å². The van der Waals surface area contributed by atoms with Crippen LogP contribution in [0.4, 0.5) is 0 Å². The highest BCUT2D eigenvalue weighted by atomic mass is 15.3. The first kappa shape index (κ1) is 10.3. The molecule has 0 aliphatic carbocycles. The lowest BCUT2D eigenvalue weighted by molar-refractivity contribution is 0.523. The van der Waals surface area contributed by atoms with E-state index in [0.29, 0.717) is 18.5 Å². The summed E-state index contributed by atoms with van der Waals surface area (Å²) in [6.45, 7) is 9.12. The molecule has 1 rings (SSSR count). The van der Waals surface area contributed by atoms with Crippen LogP contribution in [0.25, 0.3) is 0 Å². The minimum Gasteiger partial charge on any atom is -0.326 e. The molecule has 0 unspecified atom stereocenters. The molecule has 0 radical (unpaired) electrons. The third-order valence-corrected chi connectivity index (χ3v) is 2.14. The lowest BCUT2D eigenvalue weighted by atomic mass is 10.1. The molecule has 0 fully saturated rings. The number of hydrogen-bond donors (Lipinski definition) is 1. The van der Waals surface area contributed by atoms with Crippen LogP contribution in [0.5, 0.6) is 0 Å². The molecule has 2 N–H and O–H groups in total. The van der Waals surface area contributed by atoms with Crippen LogP contribution in [0.1, 0.15) is 50.9 Å². The molecule has 0 bridgehead atoms. The largest absolute Gasteiger partial charge is 0.326 e. The van der Waals surface area contributed by atoms with E-state index in [-0.39, 0.29) is 0 Å². The van der Waals surface area contributed by atoms with E-state index in [9.17, 15) is 0 Å². The summed E-state index contributed by atoms with van der Waals surface area (Å²) in [4.78, 5) is 0. The summed E-state index contributed by atoms with van der Waals surface area (Å²) in [6.07, 6.45) is 2.06. The van der Waals surface area contributed by atoms with Crippen molar-refractivity contribution < 1.29 is 0 Å². The van der Waals surface area contributed by atoms with Crippen LogP contribution in [0, 0.1) is 0 Å². The molecule has 0 saturated carbocycles. The van der Waals surface area contributed by atoms with Crippen molar-refractivity contribution >= 4 is 0 Å². The number of hydrogen-bond acceptors (Lipinski definition) is 2. The van der Waals surface area contributed by atoms with Crippen LogP contribution in [-0.4, -0.2) is 9.78 Å². The first-order chi connectivity index (χ1) is 6.06. The second-order valence-electron chi connectivity index (χ2n) is 3.97. The second-order valence-corrected chi connectivity index (χ2v) is 3.97. The van der Waals surface area contributed by atoms with E-state index in [1.54, 1.807) is 0 Å². The van der Waals surface area contributed by atoms with Gasteiger partial charge in [-0.3, -0.25) is 4.68 Å². The molecule has 3 heteroatoms. The van der Waals surface area contributed by atoms with E-state index in [1.807, 2.05) is 4.68 Å². The molecule has 13 heavy (non-hydrogen) atoms. The summed E-state index contributed by atoms with van der Waals surface area (Å²) in [6, 6.07) is 0.415. The molecule has 1 heterocycles. The fraction of sp³-hybridized carbons (Fsp3) is 0.700. The Morgan fingerprint density at radius 1 is 1.38 bits per heavy atom. The number of nitrogens with zero attached hydrogens (tertiary/aromatic N) is 2. The van der Waals surface area contributed by atoms with Crippen LogP contribution in [0.3, 0.4) is 0 Å². The van der Waals surface area contributed by atoms with Gasteiger partial charge >= 0.3 is 0 Å². The van der Waals surface area contributed by atoms with Crippen molar-refractivity contribution in [3.05, 3.63) is 17.5 Å². The van der Waals surface area contributed by atoms with Crippen LogP contribution >= 0.6 is 0 Å². The number of aromatic nitrogens is 2. The third kappa shape index (κ3) is 2.10. The summed E-state index contributed by atoms with van der Waals surface area (Å²) in [5.74, 6) is 0.457. The third-order valence-electron chi connectivity index (χ3n) is 2.14. The van der Waals surface area contributed by atoms with Gasteiger partial charge < -0.3 is 5.73 Å². The van der Waals surface area contributed by atoms with Gasteiger partial charge in [0, 0.05) is 24.3 Å². The van der Waals surface area contributed by atoms with Crippen molar-refractivity contribution in [2.24, 2.45) is 5.73 Å². The van der Waals surface area contributed by atoms with Gasteiger partial charge in [0.2, 0.25) is 0 Å². The van der Waals surface area contributed by atoms with Crippen molar-refractivity contribution in [3.8, 4) is 0 Å². The molecule has 3 nitrogen and oxygen atoms in total. The highest BCUT2D eigenvalue weighted by Crippen LogP contribution is 2.18. The van der Waals surface area contributed by atoms with Crippen LogP contribution in [-0.2, 0) is 6.54 Å². The fourth-order valence-electron chi connectivity index (χ4n) is 1.35. The van der Waals surface area contributed by atoms with Crippen molar-refractivity contribution in [3.63, 3.8) is 0 Å². The molecule has 0 atom stereocenters. The molecular weight excluding hydrogens is 162 g/mol. The van der Waals surface area contributed by atoms with Crippen molar-refractivity contribution in [1.29, 1.82) is 0 Å². The lowest BCUT2D eigenvalue weighted by Crippen LogP contribution is -2.02. The van der Waals surface area contributed by atoms with E-state index in [4.69, 9.17) is 5.73 Å². The van der Waals surface area contributed by atoms with E-state index in [0.717, 1.165) is 5.69 Å². The predicted molar refractivity (Wildman–Crippen MR) is 54.6 cm³/mol. The van der Waals surface area contributed by atoms with Crippen LogP contribution in [0.2, 0.25) is 0 Å². The van der Waals surface area contributed by atoms with E-state index in [1.165, 1.54) is 5.56 Å². The molecule has 0 aliphatic rings. The topological polar surface area (TPSA) is 43.8 Å². The summed E-state index contributed by atoms with van der Waals surface area (Å²) in [7, 11) is 0. The molecule has 1 aromatic rings. The lowest BCUT2D eigenvalue weighted by Gasteiger charge is -2.04. The summed E-state index contributed by atoms with van der Waals surface area (Å²) in [5, 5.41) is 4.52. The standard InChI is InChI=1S/C10H19N3/c1-7(2)10-9(5-11)6-13(12-10)8(3)4/h6-8H,5,11H2,1-4H3. The minimum absolute atomic E-state index is 0.415. The molecule has 0 amide bonds. The van der Waals surface area contributed by atoms with Crippen LogP contribution < -0.4 is 5.73 Å². The van der Waals surface area contributed by atoms with Gasteiger partial charge in [-0.15, -0.1) is 0 Å². The fourth-order valence-corrected chi connectivity index (χ4v) is 1.35. The molecule has 0 spiro atoms. The quantitative estimate of drug-likeness (QED) is 0.775. The van der Waals surface area contributed by atoms with Crippen LogP contribution in [0.15, 0.2) is 6.20 Å². The zero-order valence-corrected chi connectivity index (χ0v) is 8.91. The Morgan fingerprint density at radius 2 is 2.00 bits per heavy atom. The van der Waals surface area contributed by atoms with E-state index < -0.39 is 0 Å². The molecule has 0 aromatic carbocycles. The monoisotopic (exact) mass is 181 g/mol. The molecular formula is C10H19N3. The Hall–Kier alpha value is -0.830. The van der Waals surface area contributed by atoms with Gasteiger partial charge in [-0.05, 0) is 19.8 Å². The summed E-state index contributed by atoms with van der Waals surface area (Å²) < 4.78 is 1.98. The van der Waals surface area contributed by atoms with Gasteiger partial charge in [0.1, 0.15) is 0 Å². The van der Waals surface area contributed by atoms with Crippen molar-refractivity contribution in [2.45, 2.75) is 46.2 Å². The average Bonchev–Trinajstić information content (AvgIpc) is 2.47. The maximum absolute atomic E-state index is 5.65. The first-order valence-corrected chi connectivity index (χ1v) is 4.84. The second kappa shape index (κ2) is 3.92. The summed E-state index contributed by atoms with van der Waals surface area (Å²) in [5.41, 5.74) is 7.95. The Morgan fingerprint density at radius 3 is 2.31 bits per heavy atom. The van der Waals surface area contributed by atoms with Crippen molar-refractivity contribution in [1.82, 2.24) is 9.78 Å². The normalized spacial score (nSPS) is 11.6. The zero-order chi connectivity index (χ0) is 10.0. The minimum atomic E-state index is 0.415. The van der Waals surface area contributed by atoms with Crippen molar-refractivity contribution in [2.75, 3.05) is 0 Å². The van der Waals surface area contributed by atoms with Gasteiger partial charge in [0.05, 0.1) is 5.69 Å². The number of nitrogens with two attached hydrogens (primary N) is 1. The SMILES string of the molecule is CC(C)c1nn(C(C)C)cc1CN. The highest BCUT2D eigenvalue weighted by Gasteiger charge is 2.11. The maximum Gasteiger partial charge on any atom is 0.0694 e. The van der Waals surface area contributed by atoms with Gasteiger partial charge in [0.25, 0.3) is 0 Å². The maximum atomic E-state index is 5.65. The molecule has 1 aromatic heterocycles. The smallest absolute Gasteiger partial charge is 0.0694 e. The van der Waals surface area contributed by atoms with E-state index >= 15 is 0 Å². The predicted octanol–water partition coefficient (Wildman–Crippen LogP) is 2.05. The van der Waals surface area contributed by atoms with Gasteiger partial charge in [0.15, 0.2) is 0 Å². The zero-order valence-electron chi connectivity index (χ0n) is 8.91. The average molecular weight is 181 g/mol. The van der Waals surface area contributed by atoms with Gasteiger partial charge in [-0.25, -0.2) is 0 Å². The Balaban J connectivity index is 3.04. The Kier molecular flexibility index (Phi) is 3.09. The first-order valence-electron chi connectivity index (χ1n) is 4.84. The number of rotatable bonds is 3.